The molecule has 0 saturated carbocycles. The predicted octanol–water partition coefficient (Wildman–Crippen LogP) is 2.81. The third kappa shape index (κ3) is 3.38. The monoisotopic (exact) mass is 407 g/mol. The first-order chi connectivity index (χ1) is 14.7. The Hall–Kier alpha value is -2.77. The molecule has 2 aliphatic heterocycles. The average molecular weight is 407 g/mol. The lowest BCUT2D eigenvalue weighted by molar-refractivity contribution is -0.120. The first kappa shape index (κ1) is 19.2. The van der Waals surface area contributed by atoms with Gasteiger partial charge in [-0.1, -0.05) is 12.1 Å². The highest BCUT2D eigenvalue weighted by atomic mass is 19.1. The van der Waals surface area contributed by atoms with Crippen LogP contribution in [0, 0.1) is 5.82 Å². The van der Waals surface area contributed by atoms with Gasteiger partial charge in [0.05, 0.1) is 22.1 Å². The summed E-state index contributed by atoms with van der Waals surface area (Å²) in [7, 11) is 0. The van der Waals surface area contributed by atoms with E-state index in [1.165, 1.54) is 6.07 Å². The third-order valence-corrected chi connectivity index (χ3v) is 6.56. The van der Waals surface area contributed by atoms with Gasteiger partial charge in [0.15, 0.2) is 0 Å². The van der Waals surface area contributed by atoms with Gasteiger partial charge in [0, 0.05) is 31.9 Å². The molecule has 156 valence electrons. The number of anilines is 1. The lowest BCUT2D eigenvalue weighted by Crippen LogP contribution is -2.61. The molecule has 7 heteroatoms. The van der Waals surface area contributed by atoms with Gasteiger partial charge in [-0.25, -0.2) is 9.37 Å². The highest BCUT2D eigenvalue weighted by Gasteiger charge is 2.39. The number of carbonyl (C=O) groups is 1. The molecule has 2 N–H and O–H groups in total. The molecule has 2 aliphatic rings. The summed E-state index contributed by atoms with van der Waals surface area (Å²) in [6, 6.07) is 12.9. The van der Waals surface area contributed by atoms with Crippen LogP contribution in [-0.4, -0.2) is 66.0 Å². The van der Waals surface area contributed by atoms with Crippen molar-refractivity contribution in [2.24, 2.45) is 0 Å². The number of para-hydroxylation sites is 2. The Bertz CT molecular complexity index is 1020. The minimum atomic E-state index is -0.334. The first-order valence-electron chi connectivity index (χ1n) is 10.6. The van der Waals surface area contributed by atoms with E-state index in [9.17, 15) is 9.18 Å². The molecule has 0 atom stereocenters. The summed E-state index contributed by atoms with van der Waals surface area (Å²) in [6.07, 6.45) is 2.88. The van der Waals surface area contributed by atoms with Crippen molar-refractivity contribution in [1.29, 1.82) is 0 Å². The number of rotatable bonds is 4. The lowest BCUT2D eigenvalue weighted by atomic mass is 9.87. The maximum atomic E-state index is 14.6. The van der Waals surface area contributed by atoms with Crippen LogP contribution in [0.15, 0.2) is 42.5 Å². The van der Waals surface area contributed by atoms with Crippen LogP contribution in [0.4, 0.5) is 10.1 Å². The second kappa shape index (κ2) is 7.81. The smallest absolute Gasteiger partial charge is 0.141 e. The Kier molecular flexibility index (Phi) is 5.00. The number of piperazine rings is 1. The fourth-order valence-corrected chi connectivity index (χ4v) is 4.75. The highest BCUT2D eigenvalue weighted by Crippen LogP contribution is 2.30. The summed E-state index contributed by atoms with van der Waals surface area (Å²) in [6.45, 7) is 5.06. The number of halogens is 1. The Balaban J connectivity index is 1.36. The van der Waals surface area contributed by atoms with E-state index in [1.54, 1.807) is 0 Å². The molecule has 2 saturated heterocycles. The second-order valence-corrected chi connectivity index (χ2v) is 8.21. The summed E-state index contributed by atoms with van der Waals surface area (Å²) in [5, 5.41) is 3.34. The SMILES string of the molecule is O=CC1(N2CCN(c3ccc(F)c(-c4nc5ccccc5[nH]4)c3)CC2)CCNCC1. The van der Waals surface area contributed by atoms with Gasteiger partial charge in [-0.15, -0.1) is 0 Å². The number of aromatic amines is 1. The molecule has 5 rings (SSSR count). The molecule has 0 unspecified atom stereocenters. The molecule has 2 fully saturated rings. The Morgan fingerprint density at radius 2 is 1.80 bits per heavy atom. The number of hydrogen-bond acceptors (Lipinski definition) is 5. The van der Waals surface area contributed by atoms with Crippen molar-refractivity contribution in [3.05, 3.63) is 48.3 Å². The van der Waals surface area contributed by atoms with Crippen LogP contribution in [-0.2, 0) is 4.79 Å². The molecule has 1 aromatic heterocycles. The van der Waals surface area contributed by atoms with E-state index in [-0.39, 0.29) is 11.4 Å². The summed E-state index contributed by atoms with van der Waals surface area (Å²) in [4.78, 5) is 24.3. The van der Waals surface area contributed by atoms with Gasteiger partial charge < -0.3 is 20.0 Å². The normalized spacial score (nSPS) is 19.8. The number of nitrogens with zero attached hydrogens (tertiary/aromatic N) is 3. The van der Waals surface area contributed by atoms with E-state index < -0.39 is 0 Å². The van der Waals surface area contributed by atoms with Crippen LogP contribution in [0.1, 0.15) is 12.8 Å². The van der Waals surface area contributed by atoms with Crippen molar-refractivity contribution in [2.75, 3.05) is 44.2 Å². The van der Waals surface area contributed by atoms with Crippen molar-refractivity contribution in [3.8, 4) is 11.4 Å². The van der Waals surface area contributed by atoms with Crippen LogP contribution < -0.4 is 10.2 Å². The van der Waals surface area contributed by atoms with Gasteiger partial charge in [-0.3, -0.25) is 4.90 Å². The van der Waals surface area contributed by atoms with Crippen LogP contribution in [0.3, 0.4) is 0 Å². The highest BCUT2D eigenvalue weighted by molar-refractivity contribution is 5.80. The van der Waals surface area contributed by atoms with E-state index >= 15 is 0 Å². The average Bonchev–Trinajstić information content (AvgIpc) is 3.24. The quantitative estimate of drug-likeness (QED) is 0.651. The van der Waals surface area contributed by atoms with E-state index in [2.05, 4.69) is 25.1 Å². The van der Waals surface area contributed by atoms with Gasteiger partial charge in [0.25, 0.3) is 0 Å². The Morgan fingerprint density at radius 1 is 1.03 bits per heavy atom. The van der Waals surface area contributed by atoms with Crippen molar-refractivity contribution in [2.45, 2.75) is 18.4 Å². The van der Waals surface area contributed by atoms with Crippen molar-refractivity contribution >= 4 is 23.0 Å². The van der Waals surface area contributed by atoms with Crippen molar-refractivity contribution in [1.82, 2.24) is 20.2 Å². The number of H-pyrrole nitrogens is 1. The number of aldehydes is 1. The van der Waals surface area contributed by atoms with Crippen LogP contribution in [0.5, 0.6) is 0 Å². The lowest BCUT2D eigenvalue weighted by Gasteiger charge is -2.47. The third-order valence-electron chi connectivity index (χ3n) is 6.56. The molecule has 0 amide bonds. The van der Waals surface area contributed by atoms with Gasteiger partial charge in [-0.2, -0.15) is 0 Å². The molecule has 0 radical (unpaired) electrons. The number of aromatic nitrogens is 2. The van der Waals surface area contributed by atoms with E-state index in [0.29, 0.717) is 11.4 Å². The zero-order chi connectivity index (χ0) is 20.6. The number of fused-ring (bicyclic) bond motifs is 1. The number of nitrogens with one attached hydrogen (secondary N) is 2. The Labute approximate surface area is 175 Å². The minimum Gasteiger partial charge on any atom is -0.369 e. The molecule has 30 heavy (non-hydrogen) atoms. The largest absolute Gasteiger partial charge is 0.369 e. The molecule has 3 aromatic rings. The number of benzene rings is 2. The van der Waals surface area contributed by atoms with Crippen molar-refractivity contribution in [3.63, 3.8) is 0 Å². The van der Waals surface area contributed by atoms with E-state index in [4.69, 9.17) is 0 Å². The van der Waals surface area contributed by atoms with E-state index in [0.717, 1.165) is 75.1 Å². The first-order valence-corrected chi connectivity index (χ1v) is 10.6. The molecule has 0 bridgehead atoms. The van der Waals surface area contributed by atoms with Gasteiger partial charge >= 0.3 is 0 Å². The molecule has 6 nitrogen and oxygen atoms in total. The predicted molar refractivity (Wildman–Crippen MR) is 116 cm³/mol. The molecule has 2 aromatic carbocycles. The summed E-state index contributed by atoms with van der Waals surface area (Å²) < 4.78 is 14.6. The number of carbonyl (C=O) groups excluding carboxylic acids is 1. The van der Waals surface area contributed by atoms with E-state index in [1.807, 2.05) is 36.4 Å². The maximum Gasteiger partial charge on any atom is 0.141 e. The molecule has 0 aliphatic carbocycles. The fraction of sp³-hybridized carbons (Fsp3) is 0.391. The zero-order valence-corrected chi connectivity index (χ0v) is 16.9. The molecular formula is C23H26FN5O. The topological polar surface area (TPSA) is 64.3 Å². The summed E-state index contributed by atoms with van der Waals surface area (Å²) in [5.74, 6) is 0.259. The minimum absolute atomic E-state index is 0.286. The molecular weight excluding hydrogens is 381 g/mol. The van der Waals surface area contributed by atoms with Crippen LogP contribution in [0.25, 0.3) is 22.4 Å². The van der Waals surface area contributed by atoms with Gasteiger partial charge in [0.1, 0.15) is 17.9 Å². The summed E-state index contributed by atoms with van der Waals surface area (Å²) in [5.41, 5.74) is 2.85. The summed E-state index contributed by atoms with van der Waals surface area (Å²) >= 11 is 0. The molecule has 0 spiro atoms. The van der Waals surface area contributed by atoms with Gasteiger partial charge in [0.2, 0.25) is 0 Å². The fourth-order valence-electron chi connectivity index (χ4n) is 4.75. The molecule has 3 heterocycles. The number of piperidine rings is 1. The zero-order valence-electron chi connectivity index (χ0n) is 16.9. The van der Waals surface area contributed by atoms with Crippen molar-refractivity contribution < 1.29 is 9.18 Å². The van der Waals surface area contributed by atoms with Gasteiger partial charge in [-0.05, 0) is 56.3 Å². The maximum absolute atomic E-state index is 14.6. The second-order valence-electron chi connectivity index (χ2n) is 8.21. The van der Waals surface area contributed by atoms with Crippen LogP contribution >= 0.6 is 0 Å². The standard InChI is InChI=1S/C23H26FN5O/c24-19-6-5-17(15-18(19)22-26-20-3-1-2-4-21(20)27-22)28-11-13-29(14-12-28)23(16-30)7-9-25-10-8-23/h1-6,15-16,25H,7-14H2,(H,26,27). The Morgan fingerprint density at radius 3 is 2.53 bits per heavy atom. The van der Waals surface area contributed by atoms with Crippen LogP contribution in [0.2, 0.25) is 0 Å². The number of hydrogen-bond donors (Lipinski definition) is 2. The number of imidazole rings is 1.